The predicted octanol–water partition coefficient (Wildman–Crippen LogP) is 3.18. The number of phenols is 1. The lowest BCUT2D eigenvalue weighted by Crippen LogP contribution is -2.41. The molecule has 0 bridgehead atoms. The van der Waals surface area contributed by atoms with E-state index in [1.807, 2.05) is 19.1 Å². The zero-order valence-electron chi connectivity index (χ0n) is 15.1. The Labute approximate surface area is 162 Å². The number of likely N-dealkylation sites (N-methyl/N-ethyl adjacent to an activating group) is 1. The van der Waals surface area contributed by atoms with Gasteiger partial charge in [-0.05, 0) is 43.0 Å². The number of aryl methyl sites for hydroxylation is 1. The first-order valence-electron chi connectivity index (χ1n) is 8.66. The van der Waals surface area contributed by atoms with Crippen molar-refractivity contribution in [2.75, 3.05) is 6.54 Å². The van der Waals surface area contributed by atoms with E-state index in [0.717, 1.165) is 11.1 Å². The number of non-ortho nitro benzene ring substituents is 1. The molecule has 144 valence electrons. The van der Waals surface area contributed by atoms with Gasteiger partial charge in [0.05, 0.1) is 11.0 Å². The van der Waals surface area contributed by atoms with Crippen molar-refractivity contribution in [3.8, 4) is 5.75 Å². The summed E-state index contributed by atoms with van der Waals surface area (Å²) in [5.41, 5.74) is 2.04. The largest absolute Gasteiger partial charge is 0.508 e. The molecule has 2 rings (SSSR count). The number of nitro groups is 1. The molecule has 0 saturated carbocycles. The van der Waals surface area contributed by atoms with Crippen LogP contribution in [0.1, 0.15) is 24.5 Å². The summed E-state index contributed by atoms with van der Waals surface area (Å²) >= 11 is 1.40. The molecule has 2 aromatic rings. The highest BCUT2D eigenvalue weighted by molar-refractivity contribution is 7.96. The van der Waals surface area contributed by atoms with Gasteiger partial charge in [0, 0.05) is 24.4 Å². The van der Waals surface area contributed by atoms with Gasteiger partial charge in [0.25, 0.3) is 5.69 Å². The lowest BCUT2D eigenvalue weighted by molar-refractivity contribution is -0.384. The summed E-state index contributed by atoms with van der Waals surface area (Å²) in [4.78, 5) is 22.5. The van der Waals surface area contributed by atoms with Crippen LogP contribution < -0.4 is 10.0 Å². The Bertz CT molecular complexity index is 751. The van der Waals surface area contributed by atoms with Gasteiger partial charge < -0.3 is 10.4 Å². The van der Waals surface area contributed by atoms with Crippen molar-refractivity contribution in [1.82, 2.24) is 10.0 Å². The van der Waals surface area contributed by atoms with E-state index < -0.39 is 4.92 Å². The summed E-state index contributed by atoms with van der Waals surface area (Å²) in [5.74, 6) is 0.746. The lowest BCUT2D eigenvalue weighted by Gasteiger charge is -2.17. The van der Waals surface area contributed by atoms with Crippen LogP contribution in [0.2, 0.25) is 0 Å². The van der Waals surface area contributed by atoms with Crippen molar-refractivity contribution in [1.29, 1.82) is 0 Å². The number of aromatic hydroxyl groups is 1. The molecule has 2 aromatic carbocycles. The molecule has 3 N–H and O–H groups in total. The van der Waals surface area contributed by atoms with Crippen LogP contribution in [0.5, 0.6) is 5.75 Å². The Morgan fingerprint density at radius 1 is 1.15 bits per heavy atom. The first kappa shape index (κ1) is 20.7. The normalized spacial score (nSPS) is 11.7. The number of nitro benzene ring substituents is 1. The van der Waals surface area contributed by atoms with Crippen LogP contribution in [-0.2, 0) is 17.0 Å². The molecule has 1 atom stereocenters. The molecular formula is C19H23N3O4S. The first-order valence-corrected chi connectivity index (χ1v) is 9.64. The minimum Gasteiger partial charge on any atom is -0.508 e. The van der Waals surface area contributed by atoms with Gasteiger partial charge in [0.1, 0.15) is 5.75 Å². The number of carbonyl (C=O) groups excluding carboxylic acids is 1. The van der Waals surface area contributed by atoms with Gasteiger partial charge in [-0.3, -0.25) is 19.6 Å². The van der Waals surface area contributed by atoms with E-state index in [9.17, 15) is 20.0 Å². The molecule has 8 heteroatoms. The molecule has 7 nitrogen and oxygen atoms in total. The number of carbonyl (C=O) groups is 1. The van der Waals surface area contributed by atoms with E-state index in [2.05, 4.69) is 10.0 Å². The number of benzene rings is 2. The molecule has 0 saturated heterocycles. The van der Waals surface area contributed by atoms with Crippen LogP contribution in [-0.4, -0.2) is 28.5 Å². The molecule has 0 spiro atoms. The molecule has 0 aliphatic heterocycles. The summed E-state index contributed by atoms with van der Waals surface area (Å²) < 4.78 is 3.19. The minimum absolute atomic E-state index is 0.0609. The molecule has 0 fully saturated rings. The highest BCUT2D eigenvalue weighted by atomic mass is 32.2. The fraction of sp³-hybridized carbons (Fsp3) is 0.316. The second-order valence-electron chi connectivity index (χ2n) is 5.98. The Balaban J connectivity index is 1.88. The maximum atomic E-state index is 12.3. The van der Waals surface area contributed by atoms with Gasteiger partial charge in [-0.2, -0.15) is 0 Å². The van der Waals surface area contributed by atoms with Gasteiger partial charge in [-0.1, -0.05) is 36.2 Å². The SMILES string of the molecule is CCNC(=O)C(CCc1ccc(O)cc1)NSCc1ccc([N+](=O)[O-])cc1. The lowest BCUT2D eigenvalue weighted by atomic mass is 10.1. The van der Waals surface area contributed by atoms with E-state index in [4.69, 9.17) is 0 Å². The maximum Gasteiger partial charge on any atom is 0.269 e. The average Bonchev–Trinajstić information content (AvgIpc) is 2.66. The third-order valence-corrected chi connectivity index (χ3v) is 4.87. The molecule has 0 aliphatic carbocycles. The molecule has 0 heterocycles. The monoisotopic (exact) mass is 389 g/mol. The standard InChI is InChI=1S/C19H23N3O4S/c1-2-20-19(24)18(12-7-14-5-10-17(23)11-6-14)21-27-13-15-3-8-16(9-4-15)22(25)26/h3-6,8-11,18,21,23H,2,7,12-13H2,1H3,(H,20,24). The maximum absolute atomic E-state index is 12.3. The van der Waals surface area contributed by atoms with Gasteiger partial charge in [0.2, 0.25) is 5.91 Å². The Kier molecular flexibility index (Phi) is 8.09. The quantitative estimate of drug-likeness (QED) is 0.327. The van der Waals surface area contributed by atoms with Gasteiger partial charge in [0.15, 0.2) is 0 Å². The predicted molar refractivity (Wildman–Crippen MR) is 106 cm³/mol. The van der Waals surface area contributed by atoms with Crippen molar-refractivity contribution < 1.29 is 14.8 Å². The summed E-state index contributed by atoms with van der Waals surface area (Å²) in [6.45, 7) is 2.43. The zero-order valence-corrected chi connectivity index (χ0v) is 15.9. The fourth-order valence-corrected chi connectivity index (χ4v) is 3.32. The van der Waals surface area contributed by atoms with Crippen LogP contribution in [0, 0.1) is 10.1 Å². The third kappa shape index (κ3) is 6.92. The van der Waals surface area contributed by atoms with Gasteiger partial charge >= 0.3 is 0 Å². The Morgan fingerprint density at radius 3 is 2.37 bits per heavy atom. The van der Waals surface area contributed by atoms with Crippen molar-refractivity contribution in [2.24, 2.45) is 0 Å². The number of nitrogens with one attached hydrogen (secondary N) is 2. The van der Waals surface area contributed by atoms with Crippen LogP contribution in [0.4, 0.5) is 5.69 Å². The second kappa shape index (κ2) is 10.5. The number of nitrogens with zero attached hydrogens (tertiary/aromatic N) is 1. The van der Waals surface area contributed by atoms with Crippen LogP contribution in [0.15, 0.2) is 48.5 Å². The van der Waals surface area contributed by atoms with E-state index in [-0.39, 0.29) is 23.4 Å². The minimum atomic E-state index is -0.427. The van der Waals surface area contributed by atoms with E-state index in [1.54, 1.807) is 24.3 Å². The highest BCUT2D eigenvalue weighted by Gasteiger charge is 2.17. The number of hydrogen-bond donors (Lipinski definition) is 3. The molecule has 1 unspecified atom stereocenters. The summed E-state index contributed by atoms with van der Waals surface area (Å²) in [6.07, 6.45) is 1.32. The third-order valence-electron chi connectivity index (χ3n) is 3.94. The van der Waals surface area contributed by atoms with Crippen molar-refractivity contribution in [2.45, 2.75) is 31.6 Å². The molecule has 0 aliphatic rings. The van der Waals surface area contributed by atoms with Crippen molar-refractivity contribution in [3.05, 3.63) is 69.8 Å². The van der Waals surface area contributed by atoms with Crippen LogP contribution in [0.25, 0.3) is 0 Å². The smallest absolute Gasteiger partial charge is 0.269 e. The Hall–Kier alpha value is -2.58. The summed E-state index contributed by atoms with van der Waals surface area (Å²) in [7, 11) is 0. The van der Waals surface area contributed by atoms with Crippen LogP contribution >= 0.6 is 11.9 Å². The second-order valence-corrected chi connectivity index (χ2v) is 6.80. The Morgan fingerprint density at radius 2 is 1.78 bits per heavy atom. The topological polar surface area (TPSA) is 104 Å². The van der Waals surface area contributed by atoms with Crippen molar-refractivity contribution in [3.63, 3.8) is 0 Å². The van der Waals surface area contributed by atoms with Gasteiger partial charge in [-0.15, -0.1) is 0 Å². The van der Waals surface area contributed by atoms with E-state index in [1.165, 1.54) is 24.1 Å². The fourth-order valence-electron chi connectivity index (χ4n) is 2.45. The van der Waals surface area contributed by atoms with Gasteiger partial charge in [-0.25, -0.2) is 0 Å². The summed E-state index contributed by atoms with van der Waals surface area (Å²) in [5, 5.41) is 22.9. The molecule has 27 heavy (non-hydrogen) atoms. The van der Waals surface area contributed by atoms with E-state index >= 15 is 0 Å². The first-order chi connectivity index (χ1) is 13.0. The number of hydrogen-bond acceptors (Lipinski definition) is 6. The van der Waals surface area contributed by atoms with Crippen molar-refractivity contribution >= 4 is 23.5 Å². The number of phenolic OH excluding ortho intramolecular Hbond substituents is 1. The molecular weight excluding hydrogens is 366 g/mol. The van der Waals surface area contributed by atoms with E-state index in [0.29, 0.717) is 25.1 Å². The molecule has 0 radical (unpaired) electrons. The number of amides is 1. The number of rotatable bonds is 10. The zero-order chi connectivity index (χ0) is 19.6. The average molecular weight is 389 g/mol. The molecule has 0 aromatic heterocycles. The van der Waals surface area contributed by atoms with Crippen LogP contribution in [0.3, 0.4) is 0 Å². The molecule has 1 amide bonds. The summed E-state index contributed by atoms with van der Waals surface area (Å²) in [6, 6.07) is 13.0. The highest BCUT2D eigenvalue weighted by Crippen LogP contribution is 2.17.